The third-order valence-electron chi connectivity index (χ3n) is 3.34. The number of nitrogens with one attached hydrogen (secondary N) is 1. The van der Waals surface area contributed by atoms with Crippen LogP contribution in [0.4, 0.5) is 0 Å². The van der Waals surface area contributed by atoms with Gasteiger partial charge in [0.25, 0.3) is 0 Å². The first-order valence-electron chi connectivity index (χ1n) is 5.68. The molecule has 4 nitrogen and oxygen atoms in total. The van der Waals surface area contributed by atoms with E-state index >= 15 is 0 Å². The molecule has 1 fully saturated rings. The summed E-state index contributed by atoms with van der Waals surface area (Å²) in [5.74, 6) is 5.08. The van der Waals surface area contributed by atoms with Crippen molar-refractivity contribution in [1.82, 2.24) is 10.3 Å². The minimum atomic E-state index is -0.411. The van der Waals surface area contributed by atoms with Crippen molar-refractivity contribution < 1.29 is 4.79 Å². The zero-order valence-electron chi connectivity index (χ0n) is 10.0. The molecule has 1 rings (SSSR count). The number of hydrogen-bond donors (Lipinski definition) is 2. The molecule has 1 aliphatic carbocycles. The Morgan fingerprint density at radius 2 is 2.00 bits per heavy atom. The monoisotopic (exact) mass is 213 g/mol. The zero-order valence-corrected chi connectivity index (χ0v) is 10.0. The van der Waals surface area contributed by atoms with E-state index in [1.54, 1.807) is 0 Å². The summed E-state index contributed by atoms with van der Waals surface area (Å²) in [4.78, 5) is 13.8. The fourth-order valence-corrected chi connectivity index (χ4v) is 2.36. The van der Waals surface area contributed by atoms with Gasteiger partial charge in [-0.05, 0) is 33.7 Å². The van der Waals surface area contributed by atoms with Gasteiger partial charge in [-0.15, -0.1) is 0 Å². The Hall–Kier alpha value is -0.610. The summed E-state index contributed by atoms with van der Waals surface area (Å²) in [6, 6.07) is 0.648. The topological polar surface area (TPSA) is 58.4 Å². The predicted molar refractivity (Wildman–Crippen MR) is 61.0 cm³/mol. The molecule has 0 aliphatic heterocycles. The van der Waals surface area contributed by atoms with Crippen LogP contribution in [-0.2, 0) is 4.79 Å². The number of carbonyl (C=O) groups is 1. The van der Waals surface area contributed by atoms with Crippen molar-refractivity contribution in [3.63, 3.8) is 0 Å². The van der Waals surface area contributed by atoms with Gasteiger partial charge in [-0.25, -0.2) is 5.84 Å². The molecule has 1 aliphatic rings. The zero-order chi connectivity index (χ0) is 11.5. The maximum atomic E-state index is 11.5. The lowest BCUT2D eigenvalue weighted by Gasteiger charge is -2.32. The highest BCUT2D eigenvalue weighted by Crippen LogP contribution is 2.25. The number of nitrogens with two attached hydrogens (primary N) is 1. The Labute approximate surface area is 92.2 Å². The number of hydrogen-bond acceptors (Lipinski definition) is 3. The van der Waals surface area contributed by atoms with E-state index in [-0.39, 0.29) is 5.91 Å². The maximum Gasteiger partial charge on any atom is 0.240 e. The van der Waals surface area contributed by atoms with Gasteiger partial charge in [-0.3, -0.25) is 10.2 Å². The van der Waals surface area contributed by atoms with Crippen LogP contribution >= 0.6 is 0 Å². The number of nitrogens with zero attached hydrogens (tertiary/aromatic N) is 1. The van der Waals surface area contributed by atoms with E-state index in [0.717, 1.165) is 6.54 Å². The van der Waals surface area contributed by atoms with Crippen LogP contribution in [0.2, 0.25) is 0 Å². The van der Waals surface area contributed by atoms with Crippen molar-refractivity contribution >= 4 is 5.91 Å². The number of amides is 1. The normalized spacial score (nSPS) is 18.5. The second-order valence-electron chi connectivity index (χ2n) is 5.21. The lowest BCUT2D eigenvalue weighted by molar-refractivity contribution is -0.130. The van der Waals surface area contributed by atoms with Gasteiger partial charge in [0.05, 0.1) is 5.41 Å². The van der Waals surface area contributed by atoms with E-state index in [0.29, 0.717) is 6.04 Å². The smallest absolute Gasteiger partial charge is 0.240 e. The third-order valence-corrected chi connectivity index (χ3v) is 3.34. The Morgan fingerprint density at radius 1 is 1.47 bits per heavy atom. The minimum absolute atomic E-state index is 0.0904. The summed E-state index contributed by atoms with van der Waals surface area (Å²) in [6.07, 6.45) is 5.16. The van der Waals surface area contributed by atoms with Crippen molar-refractivity contribution in [3.8, 4) is 0 Å². The van der Waals surface area contributed by atoms with Crippen LogP contribution in [0.25, 0.3) is 0 Å². The van der Waals surface area contributed by atoms with Crippen LogP contribution in [0.3, 0.4) is 0 Å². The average molecular weight is 213 g/mol. The van der Waals surface area contributed by atoms with E-state index in [9.17, 15) is 4.79 Å². The summed E-state index contributed by atoms with van der Waals surface area (Å²) < 4.78 is 0. The molecule has 0 bridgehead atoms. The van der Waals surface area contributed by atoms with Crippen molar-refractivity contribution in [2.45, 2.75) is 45.6 Å². The van der Waals surface area contributed by atoms with Crippen LogP contribution in [0, 0.1) is 5.41 Å². The fraction of sp³-hybridized carbons (Fsp3) is 0.909. The van der Waals surface area contributed by atoms with Gasteiger partial charge in [-0.1, -0.05) is 12.8 Å². The lowest BCUT2D eigenvalue weighted by Crippen LogP contribution is -2.48. The minimum Gasteiger partial charge on any atom is -0.302 e. The number of hydrazine groups is 1. The molecule has 0 aromatic heterocycles. The molecule has 15 heavy (non-hydrogen) atoms. The number of rotatable bonds is 4. The standard InChI is InChI=1S/C11H23N3O/c1-11(2,10(15)13-12)8-14(3)9-6-4-5-7-9/h9H,4-8,12H2,1-3H3,(H,13,15). The maximum absolute atomic E-state index is 11.5. The SMILES string of the molecule is CN(CC(C)(C)C(=O)NN)C1CCCC1. The molecule has 1 saturated carbocycles. The highest BCUT2D eigenvalue weighted by atomic mass is 16.2. The first kappa shape index (κ1) is 12.5. The second-order valence-corrected chi connectivity index (χ2v) is 5.21. The molecule has 3 N–H and O–H groups in total. The molecule has 0 heterocycles. The third kappa shape index (κ3) is 3.18. The quantitative estimate of drug-likeness (QED) is 0.414. The van der Waals surface area contributed by atoms with Crippen LogP contribution in [-0.4, -0.2) is 30.4 Å². The Morgan fingerprint density at radius 3 is 2.47 bits per heavy atom. The van der Waals surface area contributed by atoms with Crippen LogP contribution in [0.5, 0.6) is 0 Å². The van der Waals surface area contributed by atoms with Crippen molar-refractivity contribution in [2.24, 2.45) is 11.3 Å². The van der Waals surface area contributed by atoms with Gasteiger partial charge in [0.15, 0.2) is 0 Å². The molecule has 0 aromatic rings. The molecule has 0 spiro atoms. The molecular weight excluding hydrogens is 190 g/mol. The Balaban J connectivity index is 2.48. The number of carbonyl (C=O) groups excluding carboxylic acids is 1. The molecule has 0 aromatic carbocycles. The average Bonchev–Trinajstić information content (AvgIpc) is 2.68. The highest BCUT2D eigenvalue weighted by molar-refractivity contribution is 5.81. The summed E-state index contributed by atoms with van der Waals surface area (Å²) in [5.41, 5.74) is 1.82. The van der Waals surface area contributed by atoms with Gasteiger partial charge in [0.1, 0.15) is 0 Å². The van der Waals surface area contributed by atoms with E-state index in [4.69, 9.17) is 5.84 Å². The molecule has 0 atom stereocenters. The van der Waals surface area contributed by atoms with Gasteiger partial charge >= 0.3 is 0 Å². The molecular formula is C11H23N3O. The summed E-state index contributed by atoms with van der Waals surface area (Å²) in [5, 5.41) is 0. The van der Waals surface area contributed by atoms with Crippen molar-refractivity contribution in [3.05, 3.63) is 0 Å². The second kappa shape index (κ2) is 4.94. The predicted octanol–water partition coefficient (Wildman–Crippen LogP) is 0.877. The molecule has 1 amide bonds. The van der Waals surface area contributed by atoms with Gasteiger partial charge in [0.2, 0.25) is 5.91 Å². The molecule has 0 radical (unpaired) electrons. The summed E-state index contributed by atoms with van der Waals surface area (Å²) >= 11 is 0. The summed E-state index contributed by atoms with van der Waals surface area (Å²) in [7, 11) is 2.10. The van der Waals surface area contributed by atoms with E-state index in [1.807, 2.05) is 13.8 Å². The molecule has 0 saturated heterocycles. The fourth-order valence-electron chi connectivity index (χ4n) is 2.36. The molecule has 88 valence electrons. The van der Waals surface area contributed by atoms with Gasteiger partial charge in [0, 0.05) is 12.6 Å². The van der Waals surface area contributed by atoms with Crippen molar-refractivity contribution in [1.29, 1.82) is 0 Å². The van der Waals surface area contributed by atoms with E-state index < -0.39 is 5.41 Å². The largest absolute Gasteiger partial charge is 0.302 e. The Bertz CT molecular complexity index is 222. The summed E-state index contributed by atoms with van der Waals surface area (Å²) in [6.45, 7) is 4.63. The van der Waals surface area contributed by atoms with Crippen LogP contribution in [0.15, 0.2) is 0 Å². The molecule has 4 heteroatoms. The lowest BCUT2D eigenvalue weighted by atomic mass is 9.91. The van der Waals surface area contributed by atoms with Gasteiger partial charge < -0.3 is 4.90 Å². The van der Waals surface area contributed by atoms with Gasteiger partial charge in [-0.2, -0.15) is 0 Å². The first-order valence-corrected chi connectivity index (χ1v) is 5.68. The highest BCUT2D eigenvalue weighted by Gasteiger charge is 2.31. The van der Waals surface area contributed by atoms with Crippen LogP contribution in [0.1, 0.15) is 39.5 Å². The Kier molecular flexibility index (Phi) is 4.11. The first-order chi connectivity index (χ1) is 6.97. The molecule has 0 unspecified atom stereocenters. The van der Waals surface area contributed by atoms with Crippen LogP contribution < -0.4 is 11.3 Å². The van der Waals surface area contributed by atoms with Crippen molar-refractivity contribution in [2.75, 3.05) is 13.6 Å². The van der Waals surface area contributed by atoms with E-state index in [2.05, 4.69) is 17.4 Å². The van der Waals surface area contributed by atoms with E-state index in [1.165, 1.54) is 25.7 Å².